The van der Waals surface area contributed by atoms with Crippen molar-refractivity contribution >= 4 is 52.1 Å². The van der Waals surface area contributed by atoms with Crippen molar-refractivity contribution < 1.29 is 14.7 Å². The summed E-state index contributed by atoms with van der Waals surface area (Å²) in [5.41, 5.74) is 0.941. The number of hydrogen-bond acceptors (Lipinski definition) is 7. The largest absolute Gasteiger partial charge is 0.481 e. The molecule has 0 radical (unpaired) electrons. The van der Waals surface area contributed by atoms with Crippen LogP contribution in [0.2, 0.25) is 0 Å². The van der Waals surface area contributed by atoms with Crippen LogP contribution in [0, 0.1) is 18.3 Å². The molecule has 1 amide bonds. The number of amides is 1. The molecule has 2 fully saturated rings. The Morgan fingerprint density at radius 3 is 2.55 bits per heavy atom. The van der Waals surface area contributed by atoms with Gasteiger partial charge in [-0.05, 0) is 44.7 Å². The number of carboxylic acid groups (broad SMARTS) is 1. The quantitative estimate of drug-likeness (QED) is 0.510. The lowest BCUT2D eigenvalue weighted by molar-refractivity contribution is -0.137. The van der Waals surface area contributed by atoms with E-state index in [1.54, 1.807) is 17.6 Å². The molecule has 8 nitrogen and oxygen atoms in total. The van der Waals surface area contributed by atoms with Gasteiger partial charge in [-0.25, -0.2) is 0 Å². The number of carbonyl (C=O) groups is 2. The topological polar surface area (TPSA) is 107 Å². The molecule has 0 bridgehead atoms. The van der Waals surface area contributed by atoms with Crippen molar-refractivity contribution in [2.45, 2.75) is 46.1 Å². The fourth-order valence-corrected chi connectivity index (χ4v) is 5.21. The number of carbonyl (C=O) groups excluding carboxylic acids is 1. The number of piperidine rings is 1. The minimum atomic E-state index is -1.00. The molecule has 0 unspecified atom stereocenters. The Morgan fingerprint density at radius 2 is 1.97 bits per heavy atom. The predicted molar refractivity (Wildman–Crippen MR) is 124 cm³/mol. The van der Waals surface area contributed by atoms with Crippen molar-refractivity contribution in [1.29, 1.82) is 5.26 Å². The second-order valence-electron chi connectivity index (χ2n) is 7.42. The summed E-state index contributed by atoms with van der Waals surface area (Å²) in [6.07, 6.45) is 4.64. The number of thioether (sulfide) groups is 1. The zero-order valence-corrected chi connectivity index (χ0v) is 19.1. The molecule has 1 aromatic heterocycles. The van der Waals surface area contributed by atoms with Crippen LogP contribution in [0.15, 0.2) is 9.70 Å². The van der Waals surface area contributed by atoms with Crippen molar-refractivity contribution in [3.05, 3.63) is 31.9 Å². The smallest absolute Gasteiger partial charge is 0.305 e. The van der Waals surface area contributed by atoms with E-state index in [2.05, 4.69) is 4.90 Å². The molecule has 31 heavy (non-hydrogen) atoms. The van der Waals surface area contributed by atoms with E-state index in [-0.39, 0.29) is 30.0 Å². The van der Waals surface area contributed by atoms with Gasteiger partial charge in [-0.1, -0.05) is 24.0 Å². The molecule has 0 aromatic carbocycles. The number of anilines is 1. The highest BCUT2D eigenvalue weighted by Gasteiger charge is 2.33. The van der Waals surface area contributed by atoms with Crippen LogP contribution in [0.3, 0.4) is 0 Å². The van der Waals surface area contributed by atoms with Crippen LogP contribution >= 0.6 is 24.0 Å². The Labute approximate surface area is 190 Å². The number of aliphatic carboxylic acids is 1. The molecule has 0 aliphatic carbocycles. The predicted octanol–water partition coefficient (Wildman–Crippen LogP) is 2.71. The highest BCUT2D eigenvalue weighted by molar-refractivity contribution is 8.26. The van der Waals surface area contributed by atoms with E-state index in [1.165, 1.54) is 4.90 Å². The van der Waals surface area contributed by atoms with E-state index < -0.39 is 5.97 Å². The van der Waals surface area contributed by atoms with Crippen LogP contribution in [0.5, 0.6) is 0 Å². The zero-order valence-electron chi connectivity index (χ0n) is 17.5. The summed E-state index contributed by atoms with van der Waals surface area (Å²) in [4.78, 5) is 40.6. The van der Waals surface area contributed by atoms with Gasteiger partial charge in [-0.2, -0.15) is 5.26 Å². The first-order valence-electron chi connectivity index (χ1n) is 10.2. The molecular formula is C21H24N4O4S2. The highest BCUT2D eigenvalue weighted by Crippen LogP contribution is 2.36. The molecule has 2 aliphatic rings. The Bertz CT molecular complexity index is 1060. The molecule has 3 rings (SSSR count). The molecular weight excluding hydrogens is 436 g/mol. The summed E-state index contributed by atoms with van der Waals surface area (Å²) in [5, 5.41) is 18.5. The molecule has 0 atom stereocenters. The summed E-state index contributed by atoms with van der Waals surface area (Å²) in [6.45, 7) is 5.59. The van der Waals surface area contributed by atoms with Gasteiger partial charge in [0.1, 0.15) is 21.8 Å². The number of aromatic nitrogens is 1. The fraction of sp³-hybridized carbons (Fsp3) is 0.476. The first-order valence-corrected chi connectivity index (χ1v) is 11.4. The molecule has 10 heteroatoms. The maximum atomic E-state index is 13.0. The second kappa shape index (κ2) is 9.66. The van der Waals surface area contributed by atoms with Gasteiger partial charge >= 0.3 is 5.97 Å². The van der Waals surface area contributed by atoms with Crippen LogP contribution in [-0.4, -0.2) is 50.4 Å². The number of thiocarbonyl (C=S) groups is 1. The third kappa shape index (κ3) is 4.52. The number of nitriles is 1. The molecule has 164 valence electrons. The zero-order chi connectivity index (χ0) is 22.7. The monoisotopic (exact) mass is 460 g/mol. The van der Waals surface area contributed by atoms with E-state index in [0.29, 0.717) is 26.9 Å². The minimum Gasteiger partial charge on any atom is -0.481 e. The van der Waals surface area contributed by atoms with Crippen molar-refractivity contribution in [3.8, 4) is 6.07 Å². The first-order chi connectivity index (χ1) is 14.8. The van der Waals surface area contributed by atoms with E-state index in [1.807, 2.05) is 13.0 Å². The average molecular weight is 461 g/mol. The lowest BCUT2D eigenvalue weighted by atomic mass is 10.0. The Balaban J connectivity index is 2.15. The first kappa shape index (κ1) is 23.0. The summed E-state index contributed by atoms with van der Waals surface area (Å²) < 4.78 is 1.91. The maximum absolute atomic E-state index is 13.0. The number of hydrogen-bond donors (Lipinski definition) is 1. The van der Waals surface area contributed by atoms with Crippen LogP contribution in [0.25, 0.3) is 6.08 Å². The van der Waals surface area contributed by atoms with E-state index >= 15 is 0 Å². The number of pyridine rings is 1. The minimum absolute atomic E-state index is 0.00715. The molecule has 2 aliphatic heterocycles. The Hall–Kier alpha value is -2.64. The Kier molecular flexibility index (Phi) is 7.18. The molecule has 1 aromatic rings. The van der Waals surface area contributed by atoms with Crippen molar-refractivity contribution in [2.75, 3.05) is 24.5 Å². The van der Waals surface area contributed by atoms with Crippen LogP contribution < -0.4 is 10.5 Å². The second-order valence-corrected chi connectivity index (χ2v) is 9.10. The van der Waals surface area contributed by atoms with Gasteiger partial charge in [-0.15, -0.1) is 0 Å². The fourth-order valence-electron chi connectivity index (χ4n) is 3.92. The molecule has 1 N–H and O–H groups in total. The van der Waals surface area contributed by atoms with Crippen LogP contribution in [0.4, 0.5) is 5.82 Å². The summed E-state index contributed by atoms with van der Waals surface area (Å²) >= 11 is 6.40. The summed E-state index contributed by atoms with van der Waals surface area (Å²) in [6, 6.07) is 2.02. The molecule has 0 spiro atoms. The van der Waals surface area contributed by atoms with Gasteiger partial charge in [0.25, 0.3) is 11.5 Å². The maximum Gasteiger partial charge on any atom is 0.305 e. The molecule has 0 saturated carbocycles. The number of carboxylic acids is 1. The lowest BCUT2D eigenvalue weighted by Gasteiger charge is -2.33. The lowest BCUT2D eigenvalue weighted by Crippen LogP contribution is -2.37. The highest BCUT2D eigenvalue weighted by atomic mass is 32.2. The van der Waals surface area contributed by atoms with Crippen LogP contribution in [-0.2, 0) is 16.1 Å². The van der Waals surface area contributed by atoms with Crippen molar-refractivity contribution in [3.63, 3.8) is 0 Å². The van der Waals surface area contributed by atoms with Gasteiger partial charge < -0.3 is 10.0 Å². The van der Waals surface area contributed by atoms with E-state index in [0.717, 1.165) is 49.9 Å². The van der Waals surface area contributed by atoms with Gasteiger partial charge in [0.05, 0.1) is 11.3 Å². The number of nitrogens with zero attached hydrogens (tertiary/aromatic N) is 4. The van der Waals surface area contributed by atoms with Crippen molar-refractivity contribution in [2.24, 2.45) is 0 Å². The summed E-state index contributed by atoms with van der Waals surface area (Å²) in [7, 11) is 0. The standard InChI is InChI=1S/C21H24N4O4S2/c1-3-24-18(23-8-5-4-6-9-23)14(13(2)15(12-22)19(24)28)11-16-20(29)25(21(30)31-16)10-7-17(26)27/h11H,3-10H2,1-2H3,(H,26,27). The SMILES string of the molecule is CCn1c(N2CCCCC2)c(C=C2SC(=S)N(CCC(=O)O)C2=O)c(C)c(C#N)c1=O. The van der Waals surface area contributed by atoms with Gasteiger partial charge in [0.15, 0.2) is 0 Å². The van der Waals surface area contributed by atoms with Gasteiger partial charge in [0.2, 0.25) is 0 Å². The average Bonchev–Trinajstić information content (AvgIpc) is 3.01. The van der Waals surface area contributed by atoms with Crippen molar-refractivity contribution in [1.82, 2.24) is 9.47 Å². The third-order valence-electron chi connectivity index (χ3n) is 5.52. The normalized spacial score (nSPS) is 18.0. The van der Waals surface area contributed by atoms with Gasteiger partial charge in [-0.3, -0.25) is 23.9 Å². The van der Waals surface area contributed by atoms with E-state index in [4.69, 9.17) is 17.3 Å². The van der Waals surface area contributed by atoms with Crippen LogP contribution in [0.1, 0.15) is 49.3 Å². The molecule has 3 heterocycles. The van der Waals surface area contributed by atoms with Gasteiger partial charge in [0, 0.05) is 31.7 Å². The molecule has 2 saturated heterocycles. The Morgan fingerprint density at radius 1 is 1.29 bits per heavy atom. The third-order valence-corrected chi connectivity index (χ3v) is 6.89. The number of rotatable bonds is 6. The van der Waals surface area contributed by atoms with E-state index in [9.17, 15) is 19.6 Å². The summed E-state index contributed by atoms with van der Waals surface area (Å²) in [5.74, 6) is -0.637.